The van der Waals surface area contributed by atoms with E-state index in [1.54, 1.807) is 40.5 Å². The third-order valence-corrected chi connectivity index (χ3v) is 5.75. The number of fused-ring (bicyclic) bond motifs is 1. The summed E-state index contributed by atoms with van der Waals surface area (Å²) in [5.74, 6) is 2.68. The molecule has 0 radical (unpaired) electrons. The molecule has 0 saturated carbocycles. The molecule has 0 aromatic carbocycles. The van der Waals surface area contributed by atoms with Gasteiger partial charge in [-0.1, -0.05) is 29.6 Å². The highest BCUT2D eigenvalue weighted by atomic mass is 32.2. The lowest BCUT2D eigenvalue weighted by atomic mass is 10.2. The molecule has 0 spiro atoms. The molecule has 0 bridgehead atoms. The minimum atomic E-state index is 0.286. The predicted molar refractivity (Wildman–Crippen MR) is 91.8 cm³/mol. The van der Waals surface area contributed by atoms with E-state index in [0.29, 0.717) is 6.54 Å². The number of thioether (sulfide) groups is 2. The third-order valence-electron chi connectivity index (χ3n) is 3.56. The Balaban J connectivity index is 1.55. The number of rotatable bonds is 6. The molecule has 4 heterocycles. The first-order valence-corrected chi connectivity index (χ1v) is 9.32. The van der Waals surface area contributed by atoms with E-state index >= 15 is 0 Å². The Morgan fingerprint density at radius 2 is 2.33 bits per heavy atom. The fourth-order valence-electron chi connectivity index (χ4n) is 2.47. The van der Waals surface area contributed by atoms with Crippen LogP contribution in [0.1, 0.15) is 6.04 Å². The minimum absolute atomic E-state index is 0.286. The maximum atomic E-state index is 4.33. The Bertz CT molecular complexity index is 844. The van der Waals surface area contributed by atoms with Gasteiger partial charge in [0.15, 0.2) is 11.0 Å². The van der Waals surface area contributed by atoms with Crippen LogP contribution >= 0.6 is 23.5 Å². The van der Waals surface area contributed by atoms with Crippen molar-refractivity contribution >= 4 is 23.5 Å². The monoisotopic (exact) mass is 358 g/mol. The second kappa shape index (κ2) is 6.73. The largest absolute Gasteiger partial charge is 0.297 e. The van der Waals surface area contributed by atoms with Crippen LogP contribution in [0.3, 0.4) is 0 Å². The second-order valence-electron chi connectivity index (χ2n) is 5.13. The smallest absolute Gasteiger partial charge is 0.209 e. The van der Waals surface area contributed by atoms with Gasteiger partial charge >= 0.3 is 0 Å². The molecule has 1 aliphatic heterocycles. The van der Waals surface area contributed by atoms with Crippen LogP contribution in [-0.2, 0) is 6.54 Å². The summed E-state index contributed by atoms with van der Waals surface area (Å²) in [7, 11) is 0. The Morgan fingerprint density at radius 1 is 1.38 bits per heavy atom. The lowest BCUT2D eigenvalue weighted by Gasteiger charge is -2.13. The average molecular weight is 358 g/mol. The van der Waals surface area contributed by atoms with Crippen molar-refractivity contribution in [3.8, 4) is 11.4 Å². The quantitative estimate of drug-likeness (QED) is 0.488. The van der Waals surface area contributed by atoms with Crippen molar-refractivity contribution in [2.24, 2.45) is 0 Å². The predicted octanol–water partition coefficient (Wildman–Crippen LogP) is 1.95. The Hall–Kier alpha value is -2.20. The number of tetrazole rings is 1. The molecule has 3 aromatic heterocycles. The van der Waals surface area contributed by atoms with E-state index < -0.39 is 0 Å². The van der Waals surface area contributed by atoms with E-state index in [1.165, 1.54) is 0 Å². The van der Waals surface area contributed by atoms with Crippen LogP contribution in [0.5, 0.6) is 0 Å². The molecule has 0 N–H and O–H groups in total. The van der Waals surface area contributed by atoms with Crippen molar-refractivity contribution in [1.29, 1.82) is 0 Å². The van der Waals surface area contributed by atoms with E-state index in [0.717, 1.165) is 33.2 Å². The molecule has 122 valence electrons. The highest BCUT2D eigenvalue weighted by Crippen LogP contribution is 2.38. The summed E-state index contributed by atoms with van der Waals surface area (Å²) in [5.41, 5.74) is 0.977. The molecule has 1 aliphatic rings. The van der Waals surface area contributed by atoms with Gasteiger partial charge in [-0.15, -0.1) is 21.9 Å². The molecular formula is C14H14N8S2. The maximum absolute atomic E-state index is 4.33. The molecule has 8 nitrogen and oxygen atoms in total. The van der Waals surface area contributed by atoms with Crippen molar-refractivity contribution in [2.45, 2.75) is 22.9 Å². The lowest BCUT2D eigenvalue weighted by molar-refractivity contribution is 0.590. The van der Waals surface area contributed by atoms with Crippen molar-refractivity contribution in [3.05, 3.63) is 37.2 Å². The Kier molecular flexibility index (Phi) is 4.30. The first-order chi connectivity index (χ1) is 11.9. The third kappa shape index (κ3) is 2.82. The van der Waals surface area contributed by atoms with Crippen LogP contribution in [0.25, 0.3) is 11.4 Å². The Morgan fingerprint density at radius 3 is 3.17 bits per heavy atom. The number of allylic oxidation sites excluding steroid dienone is 1. The van der Waals surface area contributed by atoms with Gasteiger partial charge in [0.25, 0.3) is 0 Å². The van der Waals surface area contributed by atoms with Gasteiger partial charge in [-0.2, -0.15) is 0 Å². The van der Waals surface area contributed by atoms with Gasteiger partial charge in [0.2, 0.25) is 5.16 Å². The Labute approximate surface area is 146 Å². The summed E-state index contributed by atoms with van der Waals surface area (Å²) in [6, 6.07) is 4.20. The molecule has 10 heteroatoms. The van der Waals surface area contributed by atoms with E-state index in [9.17, 15) is 0 Å². The zero-order valence-corrected chi connectivity index (χ0v) is 14.3. The number of hydrogen-bond donors (Lipinski definition) is 0. The van der Waals surface area contributed by atoms with Gasteiger partial charge in [-0.25, -0.2) is 4.68 Å². The normalized spacial score (nSPS) is 16.2. The summed E-state index contributed by atoms with van der Waals surface area (Å²) in [5, 5.41) is 22.2. The molecule has 0 aliphatic carbocycles. The van der Waals surface area contributed by atoms with E-state index in [-0.39, 0.29) is 6.04 Å². The first kappa shape index (κ1) is 15.3. The molecule has 0 amide bonds. The summed E-state index contributed by atoms with van der Waals surface area (Å²) in [6.45, 7) is 4.33. The van der Waals surface area contributed by atoms with E-state index in [2.05, 4.69) is 41.9 Å². The van der Waals surface area contributed by atoms with Crippen molar-refractivity contribution < 1.29 is 0 Å². The van der Waals surface area contributed by atoms with Crippen LogP contribution in [0.4, 0.5) is 0 Å². The van der Waals surface area contributed by atoms with Crippen molar-refractivity contribution in [3.63, 3.8) is 0 Å². The standard InChI is InChI=1S/C14H14N8S2/c1-2-6-21-13(18-19-20-21)23-8-11-9-24-14-17-16-12(22(11)14)10-4-3-5-15-7-10/h2-5,7,11H,1,6,8-9H2. The summed E-state index contributed by atoms with van der Waals surface area (Å²) in [4.78, 5) is 4.18. The molecule has 0 saturated heterocycles. The van der Waals surface area contributed by atoms with E-state index in [1.807, 2.05) is 18.3 Å². The molecular weight excluding hydrogens is 344 g/mol. The van der Waals surface area contributed by atoms with Crippen molar-refractivity contribution in [1.82, 2.24) is 40.0 Å². The van der Waals surface area contributed by atoms with Gasteiger partial charge in [-0.3, -0.25) is 9.55 Å². The molecule has 3 aromatic rings. The van der Waals surface area contributed by atoms with Crippen LogP contribution in [0.15, 0.2) is 47.5 Å². The molecule has 4 rings (SSSR count). The van der Waals surface area contributed by atoms with Crippen LogP contribution < -0.4 is 0 Å². The lowest BCUT2D eigenvalue weighted by Crippen LogP contribution is -2.12. The van der Waals surface area contributed by atoms with E-state index in [4.69, 9.17) is 0 Å². The van der Waals surface area contributed by atoms with Crippen molar-refractivity contribution in [2.75, 3.05) is 11.5 Å². The molecule has 1 unspecified atom stereocenters. The number of hydrogen-bond acceptors (Lipinski definition) is 8. The summed E-state index contributed by atoms with van der Waals surface area (Å²) in [6.07, 6.45) is 5.35. The fourth-order valence-corrected chi connectivity index (χ4v) is 4.67. The summed E-state index contributed by atoms with van der Waals surface area (Å²) >= 11 is 3.36. The van der Waals surface area contributed by atoms with Crippen LogP contribution in [0.2, 0.25) is 0 Å². The van der Waals surface area contributed by atoms with Crippen LogP contribution in [-0.4, -0.2) is 51.5 Å². The van der Waals surface area contributed by atoms with Gasteiger partial charge in [0.05, 0.1) is 12.6 Å². The van der Waals surface area contributed by atoms with Crippen LogP contribution in [0, 0.1) is 0 Å². The SMILES string of the molecule is C=CCn1nnnc1SCC1CSc2nnc(-c3cccnc3)n21. The first-order valence-electron chi connectivity index (χ1n) is 7.35. The molecule has 1 atom stereocenters. The zero-order valence-electron chi connectivity index (χ0n) is 12.7. The zero-order chi connectivity index (χ0) is 16.4. The molecule has 24 heavy (non-hydrogen) atoms. The van der Waals surface area contributed by atoms with Gasteiger partial charge in [0, 0.05) is 29.5 Å². The number of nitrogens with zero attached hydrogens (tertiary/aromatic N) is 8. The molecule has 0 fully saturated rings. The average Bonchev–Trinajstić information content (AvgIpc) is 3.31. The van der Waals surface area contributed by atoms with Gasteiger partial charge in [-0.05, 0) is 22.6 Å². The topological polar surface area (TPSA) is 87.2 Å². The number of aromatic nitrogens is 8. The van der Waals surface area contributed by atoms with Gasteiger partial charge < -0.3 is 0 Å². The minimum Gasteiger partial charge on any atom is -0.297 e. The van der Waals surface area contributed by atoms with Gasteiger partial charge in [0.1, 0.15) is 0 Å². The second-order valence-corrected chi connectivity index (χ2v) is 7.10. The maximum Gasteiger partial charge on any atom is 0.209 e. The highest BCUT2D eigenvalue weighted by Gasteiger charge is 2.29. The number of pyridine rings is 1. The summed E-state index contributed by atoms with van der Waals surface area (Å²) < 4.78 is 3.94. The highest BCUT2D eigenvalue weighted by molar-refractivity contribution is 8.00. The fraction of sp³-hybridized carbons (Fsp3) is 0.286.